The van der Waals surface area contributed by atoms with Gasteiger partial charge in [0.15, 0.2) is 11.6 Å². The lowest BCUT2D eigenvalue weighted by Crippen LogP contribution is -2.62. The van der Waals surface area contributed by atoms with Crippen LogP contribution in [0.3, 0.4) is 0 Å². The Morgan fingerprint density at radius 3 is 2.53 bits per heavy atom. The normalized spacial score (nSPS) is 26.2. The molecule has 4 aliphatic heterocycles. The molecule has 0 saturated carbocycles. The fourth-order valence-electron chi connectivity index (χ4n) is 5.88. The number of rotatable bonds is 5. The van der Waals surface area contributed by atoms with Crippen molar-refractivity contribution < 1.29 is 27.4 Å². The van der Waals surface area contributed by atoms with Crippen molar-refractivity contribution in [3.05, 3.63) is 35.7 Å². The van der Waals surface area contributed by atoms with E-state index in [2.05, 4.69) is 15.1 Å². The molecule has 34 heavy (non-hydrogen) atoms. The minimum absolute atomic E-state index is 0.0153. The zero-order valence-electron chi connectivity index (χ0n) is 19.1. The first kappa shape index (κ1) is 22.2. The van der Waals surface area contributed by atoms with Crippen molar-refractivity contribution in [1.29, 1.82) is 0 Å². The summed E-state index contributed by atoms with van der Waals surface area (Å²) in [6, 6.07) is 3.49. The highest BCUT2D eigenvalue weighted by Crippen LogP contribution is 2.41. The maximum atomic E-state index is 14.2. The summed E-state index contributed by atoms with van der Waals surface area (Å²) in [5.41, 5.74) is 0.652. The molecule has 1 aromatic heterocycles. The summed E-state index contributed by atoms with van der Waals surface area (Å²) in [5.74, 6) is -1.03. The Bertz CT molecular complexity index is 987. The number of nitrogens with zero attached hydrogens (tertiary/aromatic N) is 4. The van der Waals surface area contributed by atoms with Crippen LogP contribution in [0.15, 0.2) is 22.9 Å². The Morgan fingerprint density at radius 2 is 1.79 bits per heavy atom. The minimum Gasteiger partial charge on any atom is -0.490 e. The molecular formula is C24H30F2N4O4. The molecule has 10 heteroatoms. The van der Waals surface area contributed by atoms with Crippen molar-refractivity contribution in [2.45, 2.75) is 55.8 Å². The van der Waals surface area contributed by atoms with Gasteiger partial charge in [-0.25, -0.2) is 8.78 Å². The number of anilines is 1. The van der Waals surface area contributed by atoms with Gasteiger partial charge in [-0.15, -0.1) is 5.10 Å². The first-order valence-electron chi connectivity index (χ1n) is 12.2. The maximum Gasteiger partial charge on any atom is 0.318 e. The molecule has 0 N–H and O–H groups in total. The van der Waals surface area contributed by atoms with E-state index in [1.54, 1.807) is 0 Å². The largest absolute Gasteiger partial charge is 0.490 e. The summed E-state index contributed by atoms with van der Waals surface area (Å²) in [6.07, 6.45) is 5.61. The van der Waals surface area contributed by atoms with E-state index in [1.807, 2.05) is 4.90 Å². The van der Waals surface area contributed by atoms with Gasteiger partial charge in [0.05, 0.1) is 32.9 Å². The van der Waals surface area contributed by atoms with Gasteiger partial charge in [0.25, 0.3) is 0 Å². The molecule has 1 atom stereocenters. The van der Waals surface area contributed by atoms with Gasteiger partial charge >= 0.3 is 6.01 Å². The van der Waals surface area contributed by atoms with Crippen LogP contribution in [0.2, 0.25) is 0 Å². The third-order valence-corrected chi connectivity index (χ3v) is 7.77. The lowest BCUT2D eigenvalue weighted by atomic mass is 9.86. The summed E-state index contributed by atoms with van der Waals surface area (Å²) in [5, 5.41) is 7.71. The van der Waals surface area contributed by atoms with Crippen LogP contribution in [-0.4, -0.2) is 78.8 Å². The molecule has 4 aliphatic rings. The molecule has 0 bridgehead atoms. The Labute approximate surface area is 197 Å². The fourth-order valence-corrected chi connectivity index (χ4v) is 5.88. The molecule has 184 valence electrons. The van der Waals surface area contributed by atoms with Crippen molar-refractivity contribution in [3.63, 3.8) is 0 Å². The van der Waals surface area contributed by atoms with Crippen LogP contribution >= 0.6 is 0 Å². The highest BCUT2D eigenvalue weighted by Gasteiger charge is 2.52. The van der Waals surface area contributed by atoms with Gasteiger partial charge in [-0.05, 0) is 44.3 Å². The van der Waals surface area contributed by atoms with Crippen LogP contribution in [0.4, 0.5) is 14.8 Å². The molecule has 0 amide bonds. The van der Waals surface area contributed by atoms with E-state index in [1.165, 1.54) is 18.5 Å². The van der Waals surface area contributed by atoms with Crippen LogP contribution in [0.1, 0.15) is 43.6 Å². The maximum absolute atomic E-state index is 14.2. The Kier molecular flexibility index (Phi) is 5.90. The Morgan fingerprint density at radius 1 is 1.03 bits per heavy atom. The summed E-state index contributed by atoms with van der Waals surface area (Å²) >= 11 is 0. The second-order valence-electron chi connectivity index (χ2n) is 9.97. The minimum atomic E-state index is -0.855. The quantitative estimate of drug-likeness (QED) is 0.652. The average molecular weight is 477 g/mol. The number of benzene rings is 1. The van der Waals surface area contributed by atoms with E-state index in [0.29, 0.717) is 37.6 Å². The van der Waals surface area contributed by atoms with Gasteiger partial charge in [-0.2, -0.15) is 0 Å². The van der Waals surface area contributed by atoms with Crippen LogP contribution in [0, 0.1) is 11.6 Å². The molecule has 1 spiro atoms. The lowest BCUT2D eigenvalue weighted by Gasteiger charge is -2.46. The number of hydrogen-bond donors (Lipinski definition) is 0. The van der Waals surface area contributed by atoms with E-state index in [4.69, 9.17) is 18.6 Å². The molecule has 4 fully saturated rings. The number of hydrogen-bond acceptors (Lipinski definition) is 8. The predicted octanol–water partition coefficient (Wildman–Crippen LogP) is 3.13. The zero-order chi connectivity index (χ0) is 23.1. The average Bonchev–Trinajstić information content (AvgIpc) is 3.52. The van der Waals surface area contributed by atoms with Crippen molar-refractivity contribution in [2.75, 3.05) is 50.9 Å². The van der Waals surface area contributed by atoms with Gasteiger partial charge in [0.2, 0.25) is 6.39 Å². The second-order valence-corrected chi connectivity index (χ2v) is 9.97. The van der Waals surface area contributed by atoms with Crippen LogP contribution in [0.25, 0.3) is 0 Å². The molecule has 2 aromatic rings. The third kappa shape index (κ3) is 4.27. The molecule has 5 heterocycles. The van der Waals surface area contributed by atoms with E-state index in [9.17, 15) is 8.78 Å². The molecule has 4 saturated heterocycles. The molecule has 0 aliphatic carbocycles. The standard InChI is InChI=1S/C24H30F2N4O4/c25-20-9-19(22(10-21(20)26)34-18-3-7-31-8-4-18)16-1-5-29(6-2-16)17-11-24(33-12-17)13-30(14-24)23-28-27-15-32-23/h9-10,15-18H,1-8,11-14H2. The SMILES string of the molecule is Fc1cc(OC2CCOCC2)c(C2CCN(C3COC4(C3)CN(c3nnco3)C4)CC2)cc1F. The van der Waals surface area contributed by atoms with Gasteiger partial charge < -0.3 is 23.5 Å². The molecule has 1 unspecified atom stereocenters. The second kappa shape index (κ2) is 9.05. The van der Waals surface area contributed by atoms with Crippen LogP contribution < -0.4 is 9.64 Å². The monoisotopic (exact) mass is 476 g/mol. The topological polar surface area (TPSA) is 73.1 Å². The van der Waals surface area contributed by atoms with Crippen molar-refractivity contribution in [1.82, 2.24) is 15.1 Å². The van der Waals surface area contributed by atoms with Gasteiger partial charge in [-0.3, -0.25) is 4.90 Å². The smallest absolute Gasteiger partial charge is 0.318 e. The zero-order valence-corrected chi connectivity index (χ0v) is 19.1. The summed E-state index contributed by atoms with van der Waals surface area (Å²) in [7, 11) is 0. The number of piperidine rings is 1. The van der Waals surface area contributed by atoms with Gasteiger partial charge in [-0.1, -0.05) is 5.10 Å². The molecule has 0 radical (unpaired) electrons. The molecular weight excluding hydrogens is 446 g/mol. The first-order valence-corrected chi connectivity index (χ1v) is 12.2. The lowest BCUT2D eigenvalue weighted by molar-refractivity contribution is -0.0216. The van der Waals surface area contributed by atoms with Crippen LogP contribution in [-0.2, 0) is 9.47 Å². The first-order chi connectivity index (χ1) is 16.6. The predicted molar refractivity (Wildman–Crippen MR) is 118 cm³/mol. The summed E-state index contributed by atoms with van der Waals surface area (Å²) < 4.78 is 51.3. The number of aromatic nitrogens is 2. The van der Waals surface area contributed by atoms with E-state index in [0.717, 1.165) is 63.8 Å². The van der Waals surface area contributed by atoms with Crippen molar-refractivity contribution in [2.24, 2.45) is 0 Å². The van der Waals surface area contributed by atoms with Gasteiger partial charge in [0, 0.05) is 30.5 Å². The number of likely N-dealkylation sites (tertiary alicyclic amines) is 1. The molecule has 1 aromatic carbocycles. The number of halogens is 2. The Balaban J connectivity index is 1.07. The van der Waals surface area contributed by atoms with E-state index < -0.39 is 11.6 Å². The van der Waals surface area contributed by atoms with Crippen LogP contribution in [0.5, 0.6) is 5.75 Å². The third-order valence-electron chi connectivity index (χ3n) is 7.77. The number of ether oxygens (including phenoxy) is 3. The summed E-state index contributed by atoms with van der Waals surface area (Å²) in [4.78, 5) is 4.53. The Hall–Kier alpha value is -2.30. The summed E-state index contributed by atoms with van der Waals surface area (Å²) in [6.45, 7) is 5.33. The van der Waals surface area contributed by atoms with Crippen molar-refractivity contribution >= 4 is 6.01 Å². The highest BCUT2D eigenvalue weighted by atomic mass is 19.2. The fraction of sp³-hybridized carbons (Fsp3) is 0.667. The molecule has 8 nitrogen and oxygen atoms in total. The van der Waals surface area contributed by atoms with Crippen molar-refractivity contribution in [3.8, 4) is 5.75 Å². The molecule has 6 rings (SSSR count). The highest BCUT2D eigenvalue weighted by molar-refractivity contribution is 5.38. The van der Waals surface area contributed by atoms with Gasteiger partial charge in [0.1, 0.15) is 17.5 Å². The van der Waals surface area contributed by atoms with E-state index >= 15 is 0 Å². The van der Waals surface area contributed by atoms with E-state index in [-0.39, 0.29) is 17.6 Å².